The molecule has 1 saturated carbocycles. The van der Waals surface area contributed by atoms with Crippen molar-refractivity contribution < 1.29 is 32.9 Å². The number of nitrogens with zero attached hydrogens (tertiary/aromatic N) is 4. The summed E-state index contributed by atoms with van der Waals surface area (Å²) in [5, 5.41) is 21.7. The van der Waals surface area contributed by atoms with Crippen molar-refractivity contribution in [1.82, 2.24) is 19.9 Å². The molecule has 1 aliphatic carbocycles. The molecule has 4 heterocycles. The van der Waals surface area contributed by atoms with E-state index < -0.39 is 29.4 Å². The van der Waals surface area contributed by atoms with Crippen LogP contribution < -0.4 is 9.47 Å². The van der Waals surface area contributed by atoms with Gasteiger partial charge in [0, 0.05) is 31.1 Å². The van der Waals surface area contributed by atoms with Crippen LogP contribution in [0.3, 0.4) is 0 Å². The molecule has 2 aromatic heterocycles. The third-order valence-corrected chi connectivity index (χ3v) is 9.26. The summed E-state index contributed by atoms with van der Waals surface area (Å²) in [5.74, 6) is -1.27. The highest BCUT2D eigenvalue weighted by atomic mass is 19.1. The Bertz CT molecular complexity index is 1720. The van der Waals surface area contributed by atoms with Crippen molar-refractivity contribution in [2.24, 2.45) is 0 Å². The maximum atomic E-state index is 16.6. The van der Waals surface area contributed by atoms with Crippen molar-refractivity contribution in [3.63, 3.8) is 0 Å². The summed E-state index contributed by atoms with van der Waals surface area (Å²) in [4.78, 5) is 15.4. The van der Waals surface area contributed by atoms with Crippen molar-refractivity contribution in [3.8, 4) is 28.9 Å². The lowest BCUT2D eigenvalue weighted by atomic mass is 9.94. The molecule has 3 fully saturated rings. The number of hydrogen-bond acceptors (Lipinski definition) is 8. The number of aliphatic hydroxyl groups excluding tert-OH is 1. The van der Waals surface area contributed by atoms with Crippen LogP contribution in [0.1, 0.15) is 51.0 Å². The number of fused-ring (bicyclic) bond motifs is 3. The molecule has 2 aromatic carbocycles. The average molecular weight is 595 g/mol. The molecule has 7 rings (SSSR count). The number of aromatic hydroxyl groups is 1. The Kier molecular flexibility index (Phi) is 7.04. The number of phenolic OH excluding ortho intramolecular Hbond substituents is 1. The first-order valence-corrected chi connectivity index (χ1v) is 14.9. The zero-order valence-electron chi connectivity index (χ0n) is 23.8. The minimum absolute atomic E-state index is 0.0775. The van der Waals surface area contributed by atoms with Crippen molar-refractivity contribution in [2.45, 2.75) is 75.8 Å². The van der Waals surface area contributed by atoms with Gasteiger partial charge < -0.3 is 19.7 Å². The summed E-state index contributed by atoms with van der Waals surface area (Å²) >= 11 is 0. The van der Waals surface area contributed by atoms with E-state index >= 15 is 4.39 Å². The zero-order chi connectivity index (χ0) is 29.9. The second-order valence-corrected chi connectivity index (χ2v) is 12.0. The van der Waals surface area contributed by atoms with Crippen LogP contribution in [0.4, 0.5) is 13.2 Å². The Labute approximate surface area is 246 Å². The summed E-state index contributed by atoms with van der Waals surface area (Å²) in [5.41, 5.74) is -0.0690. The Balaban J connectivity index is 1.35. The Morgan fingerprint density at radius 3 is 2.81 bits per heavy atom. The molecule has 3 aliphatic rings. The SMILES string of the molecule is CCc1c(F)ccc2cc(O)cc(-c3ncc4c(OC5CCC(O)C5)nc(OC[C@@]56CCCN5C[C@H](F)C6)nc4c3F)c12. The minimum atomic E-state index is -0.935. The highest BCUT2D eigenvalue weighted by Gasteiger charge is 2.49. The highest BCUT2D eigenvalue weighted by Crippen LogP contribution is 2.42. The summed E-state index contributed by atoms with van der Waals surface area (Å²) < 4.78 is 58.0. The molecule has 226 valence electrons. The third-order valence-electron chi connectivity index (χ3n) is 9.26. The molecule has 0 spiro atoms. The number of aromatic nitrogens is 3. The van der Waals surface area contributed by atoms with Crippen molar-refractivity contribution in [2.75, 3.05) is 19.7 Å². The lowest BCUT2D eigenvalue weighted by molar-refractivity contribution is 0.105. The summed E-state index contributed by atoms with van der Waals surface area (Å²) in [6.07, 6.45) is 3.66. The fourth-order valence-electron chi connectivity index (χ4n) is 7.22. The van der Waals surface area contributed by atoms with E-state index in [4.69, 9.17) is 9.47 Å². The Morgan fingerprint density at radius 1 is 1.16 bits per heavy atom. The van der Waals surface area contributed by atoms with E-state index in [1.807, 2.05) is 0 Å². The van der Waals surface area contributed by atoms with Gasteiger partial charge >= 0.3 is 6.01 Å². The van der Waals surface area contributed by atoms with Crippen LogP contribution >= 0.6 is 0 Å². The molecule has 4 atom stereocenters. The van der Waals surface area contributed by atoms with Crippen LogP contribution in [-0.2, 0) is 6.42 Å². The molecule has 0 bridgehead atoms. The molecule has 2 aliphatic heterocycles. The second-order valence-electron chi connectivity index (χ2n) is 12.0. The fourth-order valence-corrected chi connectivity index (χ4v) is 7.22. The molecule has 43 heavy (non-hydrogen) atoms. The van der Waals surface area contributed by atoms with Crippen LogP contribution in [0.15, 0.2) is 30.5 Å². The number of aryl methyl sites for hydroxylation is 1. The molecule has 2 saturated heterocycles. The van der Waals surface area contributed by atoms with Gasteiger partial charge in [0.1, 0.15) is 41.7 Å². The van der Waals surface area contributed by atoms with Gasteiger partial charge in [-0.3, -0.25) is 9.88 Å². The maximum Gasteiger partial charge on any atom is 0.320 e. The standard InChI is InChI=1S/C32H33F3N4O4/c1-2-22-25(34)7-4-17-10-20(41)12-23(26(17)22)28-27(35)29-24(14-36-28)30(43-21-6-5-19(40)11-21)38-31(37-29)42-16-32-8-3-9-39(32)15-18(33)13-32/h4,7,10,12,14,18-19,21,40-41H,2-3,5-6,8-9,11,13,15-16H2,1H3/t18-,19?,21?,32+/m1/s1. The zero-order valence-corrected chi connectivity index (χ0v) is 23.8. The van der Waals surface area contributed by atoms with E-state index in [1.54, 1.807) is 13.0 Å². The van der Waals surface area contributed by atoms with Gasteiger partial charge in [0.15, 0.2) is 5.82 Å². The number of halogens is 3. The first kappa shape index (κ1) is 28.1. The first-order valence-electron chi connectivity index (χ1n) is 14.9. The smallest absolute Gasteiger partial charge is 0.320 e. The fraction of sp³-hybridized carbons (Fsp3) is 0.469. The number of pyridine rings is 1. The largest absolute Gasteiger partial charge is 0.508 e. The van der Waals surface area contributed by atoms with Gasteiger partial charge in [0.2, 0.25) is 5.88 Å². The van der Waals surface area contributed by atoms with Crippen molar-refractivity contribution >= 4 is 21.7 Å². The average Bonchev–Trinajstić information content (AvgIpc) is 3.65. The molecular formula is C32H33F3N4O4. The maximum absolute atomic E-state index is 16.6. The number of benzene rings is 2. The van der Waals surface area contributed by atoms with Gasteiger partial charge in [-0.2, -0.15) is 9.97 Å². The predicted octanol–water partition coefficient (Wildman–Crippen LogP) is 5.64. The number of aliphatic hydroxyl groups is 1. The first-order chi connectivity index (χ1) is 20.7. The van der Waals surface area contributed by atoms with E-state index in [-0.39, 0.29) is 52.5 Å². The van der Waals surface area contributed by atoms with E-state index in [1.165, 1.54) is 24.4 Å². The van der Waals surface area contributed by atoms with E-state index in [0.29, 0.717) is 55.0 Å². The van der Waals surface area contributed by atoms with Gasteiger partial charge in [0.05, 0.1) is 17.0 Å². The predicted molar refractivity (Wildman–Crippen MR) is 154 cm³/mol. The number of hydrogen-bond donors (Lipinski definition) is 2. The third kappa shape index (κ3) is 4.92. The molecule has 8 nitrogen and oxygen atoms in total. The quantitative estimate of drug-likeness (QED) is 0.284. The van der Waals surface area contributed by atoms with E-state index in [2.05, 4.69) is 19.9 Å². The molecule has 0 radical (unpaired) electrons. The van der Waals surface area contributed by atoms with Gasteiger partial charge in [-0.05, 0) is 73.2 Å². The van der Waals surface area contributed by atoms with E-state index in [9.17, 15) is 19.0 Å². The summed E-state index contributed by atoms with van der Waals surface area (Å²) in [6, 6.07) is 5.63. The van der Waals surface area contributed by atoms with Crippen molar-refractivity contribution in [1.29, 1.82) is 0 Å². The Hall–Kier alpha value is -3.70. The monoisotopic (exact) mass is 594 g/mol. The van der Waals surface area contributed by atoms with Gasteiger partial charge in [-0.1, -0.05) is 13.0 Å². The van der Waals surface area contributed by atoms with Crippen molar-refractivity contribution in [3.05, 3.63) is 47.7 Å². The highest BCUT2D eigenvalue weighted by molar-refractivity contribution is 6.01. The van der Waals surface area contributed by atoms with Crippen LogP contribution in [0.5, 0.6) is 17.6 Å². The molecule has 11 heteroatoms. The van der Waals surface area contributed by atoms with Crippen LogP contribution in [0, 0.1) is 11.6 Å². The molecule has 2 unspecified atom stereocenters. The van der Waals surface area contributed by atoms with Gasteiger partial charge in [-0.15, -0.1) is 0 Å². The topological polar surface area (TPSA) is 101 Å². The van der Waals surface area contributed by atoms with E-state index in [0.717, 1.165) is 19.4 Å². The normalized spacial score (nSPS) is 25.6. The minimum Gasteiger partial charge on any atom is -0.508 e. The second kappa shape index (κ2) is 10.8. The number of phenols is 1. The lowest BCUT2D eigenvalue weighted by Gasteiger charge is -2.30. The van der Waals surface area contributed by atoms with Crippen LogP contribution in [0.25, 0.3) is 32.9 Å². The van der Waals surface area contributed by atoms with Gasteiger partial charge in [0.25, 0.3) is 0 Å². The lowest BCUT2D eigenvalue weighted by Crippen LogP contribution is -2.43. The number of rotatable bonds is 7. The number of ether oxygens (including phenoxy) is 2. The molecule has 0 amide bonds. The molecule has 2 N–H and O–H groups in total. The van der Waals surface area contributed by atoms with Gasteiger partial charge in [-0.25, -0.2) is 13.2 Å². The van der Waals surface area contributed by atoms with Crippen LogP contribution in [0.2, 0.25) is 0 Å². The molecule has 4 aromatic rings. The summed E-state index contributed by atoms with van der Waals surface area (Å²) in [6.45, 7) is 3.11. The van der Waals surface area contributed by atoms with Crippen LogP contribution in [-0.4, -0.2) is 73.7 Å². The molecular weight excluding hydrogens is 561 g/mol. The number of alkyl halides is 1. The summed E-state index contributed by atoms with van der Waals surface area (Å²) in [7, 11) is 0. The Morgan fingerprint density at radius 2 is 2.02 bits per heavy atom.